The standard InChI is InChI=1S/C38H48N2O10/c1-41-17-19-43-21-23-45-25-27-47-29-31-49-37-35(5-3-33-9-13-39-14-10-33)7-8-36(6-4-34-11-15-40-16-12-34)38(37)50-32-30-48-28-26-46-24-22-44-20-18-42-2/h7-16H,17-32H2,1-2H3. The number of nitrogens with zero attached hydrogens (tertiary/aromatic N) is 2. The first-order valence-electron chi connectivity index (χ1n) is 16.5. The van der Waals surface area contributed by atoms with Gasteiger partial charge in [-0.15, -0.1) is 0 Å². The Labute approximate surface area is 295 Å². The highest BCUT2D eigenvalue weighted by Gasteiger charge is 2.16. The number of hydrogen-bond donors (Lipinski definition) is 0. The van der Waals surface area contributed by atoms with E-state index in [0.717, 1.165) is 11.1 Å². The molecule has 3 aromatic rings. The quantitative estimate of drug-likeness (QED) is 0.0907. The fourth-order valence-electron chi connectivity index (χ4n) is 3.97. The van der Waals surface area contributed by atoms with Crippen LogP contribution in [0.4, 0.5) is 0 Å². The van der Waals surface area contributed by atoms with Gasteiger partial charge in [0, 0.05) is 50.1 Å². The van der Waals surface area contributed by atoms with Gasteiger partial charge in [0.15, 0.2) is 11.5 Å². The molecular weight excluding hydrogens is 644 g/mol. The fourth-order valence-corrected chi connectivity index (χ4v) is 3.97. The average molecular weight is 693 g/mol. The molecule has 0 aliphatic carbocycles. The van der Waals surface area contributed by atoms with Crippen LogP contribution in [0.3, 0.4) is 0 Å². The first-order valence-corrected chi connectivity index (χ1v) is 16.5. The highest BCUT2D eigenvalue weighted by molar-refractivity contribution is 5.63. The minimum atomic E-state index is 0.255. The molecule has 0 amide bonds. The zero-order valence-corrected chi connectivity index (χ0v) is 29.1. The van der Waals surface area contributed by atoms with Crippen LogP contribution >= 0.6 is 0 Å². The summed E-state index contributed by atoms with van der Waals surface area (Å²) in [6, 6.07) is 11.1. The Kier molecular flexibility index (Phi) is 22.4. The molecule has 0 saturated carbocycles. The molecule has 0 bridgehead atoms. The van der Waals surface area contributed by atoms with Gasteiger partial charge in [-0.25, -0.2) is 0 Å². The van der Waals surface area contributed by atoms with Crippen molar-refractivity contribution in [2.75, 3.05) is 120 Å². The van der Waals surface area contributed by atoms with E-state index in [9.17, 15) is 0 Å². The number of methoxy groups -OCH3 is 2. The first-order chi connectivity index (χ1) is 24.8. The summed E-state index contributed by atoms with van der Waals surface area (Å²) in [4.78, 5) is 8.15. The van der Waals surface area contributed by atoms with Crippen molar-refractivity contribution in [3.63, 3.8) is 0 Å². The molecule has 50 heavy (non-hydrogen) atoms. The van der Waals surface area contributed by atoms with E-state index in [-0.39, 0.29) is 13.2 Å². The Hall–Kier alpha value is -4.08. The predicted octanol–water partition coefficient (Wildman–Crippen LogP) is 3.43. The van der Waals surface area contributed by atoms with E-state index < -0.39 is 0 Å². The van der Waals surface area contributed by atoms with Gasteiger partial charge in [0.05, 0.1) is 104 Å². The molecule has 12 nitrogen and oxygen atoms in total. The van der Waals surface area contributed by atoms with Crippen molar-refractivity contribution >= 4 is 0 Å². The van der Waals surface area contributed by atoms with Crippen LogP contribution in [0.5, 0.6) is 11.5 Å². The van der Waals surface area contributed by atoms with Crippen molar-refractivity contribution < 1.29 is 47.4 Å². The molecule has 0 N–H and O–H groups in total. The Morgan fingerprint density at radius 1 is 0.380 bits per heavy atom. The smallest absolute Gasteiger partial charge is 0.178 e. The van der Waals surface area contributed by atoms with Crippen molar-refractivity contribution in [3.05, 3.63) is 83.4 Å². The minimum absolute atomic E-state index is 0.255. The average Bonchev–Trinajstić information content (AvgIpc) is 3.15. The lowest BCUT2D eigenvalue weighted by Crippen LogP contribution is -2.15. The zero-order chi connectivity index (χ0) is 35.2. The summed E-state index contributed by atoms with van der Waals surface area (Å²) in [7, 11) is 3.28. The molecule has 3 rings (SSSR count). The second-order valence-electron chi connectivity index (χ2n) is 10.1. The Bertz CT molecular complexity index is 1310. The van der Waals surface area contributed by atoms with Crippen LogP contribution in [-0.2, 0) is 37.9 Å². The van der Waals surface area contributed by atoms with E-state index in [2.05, 4.69) is 33.6 Å². The summed E-state index contributed by atoms with van der Waals surface area (Å²) in [5.41, 5.74) is 2.93. The summed E-state index contributed by atoms with van der Waals surface area (Å²) >= 11 is 0. The normalized spacial score (nSPS) is 10.6. The number of rotatable bonds is 26. The lowest BCUT2D eigenvalue weighted by atomic mass is 10.1. The van der Waals surface area contributed by atoms with Crippen LogP contribution in [0.25, 0.3) is 0 Å². The van der Waals surface area contributed by atoms with E-state index in [1.54, 1.807) is 39.0 Å². The van der Waals surface area contributed by atoms with Crippen LogP contribution in [-0.4, -0.2) is 130 Å². The second-order valence-corrected chi connectivity index (χ2v) is 10.1. The van der Waals surface area contributed by atoms with Gasteiger partial charge < -0.3 is 47.4 Å². The molecule has 1 aromatic carbocycles. The van der Waals surface area contributed by atoms with Gasteiger partial charge in [0.25, 0.3) is 0 Å². The molecule has 2 aromatic heterocycles. The number of pyridine rings is 2. The third-order valence-electron chi connectivity index (χ3n) is 6.46. The Morgan fingerprint density at radius 3 is 1.00 bits per heavy atom. The Morgan fingerprint density at radius 2 is 0.680 bits per heavy atom. The number of hydrogen-bond acceptors (Lipinski definition) is 12. The number of benzene rings is 1. The molecule has 0 aliphatic rings. The molecule has 0 atom stereocenters. The van der Waals surface area contributed by atoms with Crippen molar-refractivity contribution in [1.82, 2.24) is 9.97 Å². The fraction of sp³-hybridized carbons (Fsp3) is 0.474. The van der Waals surface area contributed by atoms with Gasteiger partial charge >= 0.3 is 0 Å². The Balaban J connectivity index is 1.64. The lowest BCUT2D eigenvalue weighted by Gasteiger charge is -2.17. The van der Waals surface area contributed by atoms with E-state index in [0.29, 0.717) is 115 Å². The molecular formula is C38H48N2O10. The van der Waals surface area contributed by atoms with Crippen LogP contribution in [0, 0.1) is 23.7 Å². The van der Waals surface area contributed by atoms with Gasteiger partial charge in [-0.05, 0) is 36.4 Å². The molecule has 12 heteroatoms. The van der Waals surface area contributed by atoms with Gasteiger partial charge in [-0.1, -0.05) is 23.7 Å². The van der Waals surface area contributed by atoms with Gasteiger partial charge in [0.1, 0.15) is 13.2 Å². The molecule has 0 radical (unpaired) electrons. The molecule has 0 saturated heterocycles. The summed E-state index contributed by atoms with van der Waals surface area (Å²) in [6.07, 6.45) is 6.80. The van der Waals surface area contributed by atoms with Crippen molar-refractivity contribution in [3.8, 4) is 35.2 Å². The molecule has 2 heterocycles. The third-order valence-corrected chi connectivity index (χ3v) is 6.46. The first kappa shape index (κ1) is 40.4. The van der Waals surface area contributed by atoms with E-state index in [1.807, 2.05) is 36.4 Å². The maximum Gasteiger partial charge on any atom is 0.178 e. The topological polar surface area (TPSA) is 118 Å². The summed E-state index contributed by atoms with van der Waals surface area (Å²) < 4.78 is 55.9. The summed E-state index contributed by atoms with van der Waals surface area (Å²) in [5, 5.41) is 0. The van der Waals surface area contributed by atoms with E-state index in [4.69, 9.17) is 47.4 Å². The molecule has 0 aliphatic heterocycles. The third kappa shape index (κ3) is 18.1. The van der Waals surface area contributed by atoms with Gasteiger partial charge in [0.2, 0.25) is 0 Å². The highest BCUT2D eigenvalue weighted by Crippen LogP contribution is 2.35. The molecule has 0 unspecified atom stereocenters. The van der Waals surface area contributed by atoms with E-state index >= 15 is 0 Å². The monoisotopic (exact) mass is 692 g/mol. The number of aromatic nitrogens is 2. The SMILES string of the molecule is COCCOCCOCCOCCOc1c(C#Cc2ccncc2)ccc(C#Cc2ccncc2)c1OCCOCCOCCOCCOC. The van der Waals surface area contributed by atoms with E-state index in [1.165, 1.54) is 0 Å². The van der Waals surface area contributed by atoms with Gasteiger partial charge in [-0.2, -0.15) is 0 Å². The van der Waals surface area contributed by atoms with Crippen LogP contribution in [0.15, 0.2) is 61.2 Å². The van der Waals surface area contributed by atoms with Crippen molar-refractivity contribution in [2.45, 2.75) is 0 Å². The van der Waals surface area contributed by atoms with Crippen molar-refractivity contribution in [2.24, 2.45) is 0 Å². The maximum atomic E-state index is 6.29. The minimum Gasteiger partial charge on any atom is -0.486 e. The van der Waals surface area contributed by atoms with Crippen molar-refractivity contribution in [1.29, 1.82) is 0 Å². The molecule has 270 valence electrons. The lowest BCUT2D eigenvalue weighted by molar-refractivity contribution is -0.000902. The maximum absolute atomic E-state index is 6.29. The summed E-state index contributed by atoms with van der Waals surface area (Å²) in [5.74, 6) is 13.8. The van der Waals surface area contributed by atoms with Crippen LogP contribution in [0.2, 0.25) is 0 Å². The second kappa shape index (κ2) is 27.7. The van der Waals surface area contributed by atoms with Crippen LogP contribution < -0.4 is 9.47 Å². The number of ether oxygens (including phenoxy) is 10. The predicted molar refractivity (Wildman–Crippen MR) is 187 cm³/mol. The molecule has 0 spiro atoms. The van der Waals surface area contributed by atoms with Crippen LogP contribution in [0.1, 0.15) is 22.3 Å². The largest absolute Gasteiger partial charge is 0.486 e. The van der Waals surface area contributed by atoms with Gasteiger partial charge in [-0.3, -0.25) is 9.97 Å². The summed E-state index contributed by atoms with van der Waals surface area (Å²) in [6.45, 7) is 7.06. The highest BCUT2D eigenvalue weighted by atomic mass is 16.6. The zero-order valence-electron chi connectivity index (χ0n) is 29.1. The molecule has 0 fully saturated rings.